The van der Waals surface area contributed by atoms with Gasteiger partial charge in [-0.25, -0.2) is 15.8 Å². The fourth-order valence-corrected chi connectivity index (χ4v) is 0.415. The predicted octanol–water partition coefficient (Wildman–Crippen LogP) is -3.31. The topological polar surface area (TPSA) is 97.7 Å². The van der Waals surface area contributed by atoms with Crippen LogP contribution in [0.15, 0.2) is 0 Å². The van der Waals surface area contributed by atoms with Gasteiger partial charge in [0.15, 0.2) is 0 Å². The maximum Gasteiger partial charge on any atom is 1.00 e. The molecule has 54 valence electrons. The Hall–Kier alpha value is -1.40. The largest absolute Gasteiger partial charge is 1.00 e. The fourth-order valence-electron chi connectivity index (χ4n) is 0.415. The van der Waals surface area contributed by atoms with Crippen LogP contribution in [0, 0.1) is 33.7 Å². The normalized spacial score (nSPS) is 7.83. The number of carbonyl (C=O) groups is 1. The average Bonchev–Trinajstić information content (AvgIpc) is 2.00. The average molecular weight is 155 g/mol. The van der Waals surface area contributed by atoms with Crippen molar-refractivity contribution in [1.82, 2.24) is 0 Å². The molecule has 0 saturated heterocycles. The first-order chi connectivity index (χ1) is 5.10. The van der Waals surface area contributed by atoms with Crippen molar-refractivity contribution >= 4 is 12.3 Å². The van der Waals surface area contributed by atoms with Gasteiger partial charge < -0.3 is 4.65 Å². The van der Waals surface area contributed by atoms with E-state index in [1.807, 2.05) is 0 Å². The van der Waals surface area contributed by atoms with Gasteiger partial charge >= 0.3 is 25.2 Å². The van der Waals surface area contributed by atoms with Crippen LogP contribution in [0.1, 0.15) is 6.92 Å². The third kappa shape index (κ3) is 3.13. The Morgan fingerprint density at radius 1 is 1.25 bits per heavy atom. The molecule has 0 spiro atoms. The third-order valence-electron chi connectivity index (χ3n) is 0.888. The standard InChI is InChI=1S/C5H3BN3O2.Li/c1-5(10)11-6(2-7,3-8)4-9;/h1H3;/q-1;+1. The van der Waals surface area contributed by atoms with Gasteiger partial charge in [-0.15, -0.1) is 0 Å². The van der Waals surface area contributed by atoms with E-state index in [9.17, 15) is 4.79 Å². The number of hydrogen-bond donors (Lipinski definition) is 0. The summed E-state index contributed by atoms with van der Waals surface area (Å²) in [6, 6.07) is 0. The molecule has 0 aromatic rings. The minimum Gasteiger partial charge on any atom is -0.656 e. The van der Waals surface area contributed by atoms with Gasteiger partial charge in [-0.05, 0) is 0 Å². The Labute approximate surface area is 81.6 Å². The zero-order valence-electron chi connectivity index (χ0n) is 6.74. The molecule has 0 aliphatic rings. The molecule has 0 bridgehead atoms. The molecule has 0 radical (unpaired) electrons. The summed E-state index contributed by atoms with van der Waals surface area (Å²) in [6.07, 6.45) is -2.93. The summed E-state index contributed by atoms with van der Waals surface area (Å²) in [7, 11) is 0. The maximum absolute atomic E-state index is 10.3. The molecule has 0 aromatic heterocycles. The van der Waals surface area contributed by atoms with Crippen LogP contribution in [0.4, 0.5) is 0 Å². The second-order valence-electron chi connectivity index (χ2n) is 1.78. The summed E-state index contributed by atoms with van der Waals surface area (Å²) in [4.78, 5) is 10.3. The Kier molecular flexibility index (Phi) is 5.81. The van der Waals surface area contributed by atoms with Crippen LogP contribution in [0.5, 0.6) is 0 Å². The summed E-state index contributed by atoms with van der Waals surface area (Å²) in [6.45, 7) is 1.03. The van der Waals surface area contributed by atoms with E-state index in [0.29, 0.717) is 0 Å². The van der Waals surface area contributed by atoms with E-state index in [1.165, 1.54) is 17.9 Å². The van der Waals surface area contributed by atoms with Crippen molar-refractivity contribution in [3.8, 4) is 17.9 Å². The van der Waals surface area contributed by atoms with Gasteiger partial charge in [0, 0.05) is 6.92 Å². The first kappa shape index (κ1) is 13.2. The van der Waals surface area contributed by atoms with E-state index >= 15 is 0 Å². The Morgan fingerprint density at radius 3 is 1.67 bits per heavy atom. The molecule has 0 amide bonds. The Morgan fingerprint density at radius 2 is 1.58 bits per heavy atom. The first-order valence-corrected chi connectivity index (χ1v) is 2.68. The summed E-state index contributed by atoms with van der Waals surface area (Å²) in [5.41, 5.74) is 0. The molecular weight excluding hydrogens is 152 g/mol. The van der Waals surface area contributed by atoms with Crippen molar-refractivity contribution < 1.29 is 28.3 Å². The summed E-state index contributed by atoms with van der Waals surface area (Å²) < 4.78 is 4.23. The molecule has 12 heavy (non-hydrogen) atoms. The van der Waals surface area contributed by atoms with Crippen LogP contribution in [0.3, 0.4) is 0 Å². The SMILES string of the molecule is CC(=O)O[B-](C#N)(C#N)C#N.[Li+]. The van der Waals surface area contributed by atoms with Crippen LogP contribution < -0.4 is 18.9 Å². The monoisotopic (exact) mass is 155 g/mol. The Bertz CT molecular complexity index is 261. The second-order valence-corrected chi connectivity index (χ2v) is 1.78. The van der Waals surface area contributed by atoms with E-state index in [4.69, 9.17) is 15.8 Å². The van der Waals surface area contributed by atoms with Gasteiger partial charge in [-0.3, -0.25) is 4.79 Å². The summed E-state index contributed by atoms with van der Waals surface area (Å²) in [5.74, 6) is 3.22. The van der Waals surface area contributed by atoms with Gasteiger partial charge in [-0.2, -0.15) is 0 Å². The molecule has 0 atom stereocenters. The van der Waals surface area contributed by atoms with Gasteiger partial charge in [-0.1, -0.05) is 17.9 Å². The zero-order chi connectivity index (χ0) is 8.91. The van der Waals surface area contributed by atoms with E-state index < -0.39 is 12.3 Å². The number of rotatable bonds is 1. The van der Waals surface area contributed by atoms with Crippen molar-refractivity contribution in [1.29, 1.82) is 15.8 Å². The molecule has 0 aromatic carbocycles. The summed E-state index contributed by atoms with van der Waals surface area (Å²) in [5, 5.41) is 24.8. The predicted molar refractivity (Wildman–Crippen MR) is 34.4 cm³/mol. The molecule has 0 fully saturated rings. The second kappa shape index (κ2) is 5.28. The van der Waals surface area contributed by atoms with Gasteiger partial charge in [0.05, 0.1) is 0 Å². The number of hydrogen-bond acceptors (Lipinski definition) is 5. The van der Waals surface area contributed by atoms with E-state index in [0.717, 1.165) is 6.92 Å². The van der Waals surface area contributed by atoms with Crippen LogP contribution in [-0.2, 0) is 9.45 Å². The number of carbonyl (C=O) groups excluding carboxylic acids is 1. The number of nitrogens with zero attached hydrogens (tertiary/aromatic N) is 3. The maximum atomic E-state index is 10.3. The fraction of sp³-hybridized carbons (Fsp3) is 0.200. The minimum absolute atomic E-state index is 0. The van der Waals surface area contributed by atoms with Crippen LogP contribution >= 0.6 is 0 Å². The van der Waals surface area contributed by atoms with E-state index in [1.54, 1.807) is 0 Å². The number of nitriles is 3. The van der Waals surface area contributed by atoms with Crippen molar-refractivity contribution in [2.24, 2.45) is 0 Å². The quantitative estimate of drug-likeness (QED) is 0.369. The van der Waals surface area contributed by atoms with Gasteiger partial charge in [0.2, 0.25) is 0 Å². The Balaban J connectivity index is 0. The molecule has 0 aliphatic carbocycles. The first-order valence-electron chi connectivity index (χ1n) is 2.68. The summed E-state index contributed by atoms with van der Waals surface area (Å²) >= 11 is 0. The van der Waals surface area contributed by atoms with Crippen molar-refractivity contribution in [2.45, 2.75) is 6.92 Å². The van der Waals surface area contributed by atoms with E-state index in [2.05, 4.69) is 4.65 Å². The van der Waals surface area contributed by atoms with Crippen molar-refractivity contribution in [3.63, 3.8) is 0 Å². The molecule has 0 saturated carbocycles. The molecular formula is C5H3BLiN3O2. The van der Waals surface area contributed by atoms with Gasteiger partial charge in [0.1, 0.15) is 0 Å². The van der Waals surface area contributed by atoms with Crippen molar-refractivity contribution in [2.75, 3.05) is 0 Å². The minimum atomic E-state index is -2.93. The van der Waals surface area contributed by atoms with Crippen LogP contribution in [0.25, 0.3) is 0 Å². The molecule has 0 rings (SSSR count). The molecule has 0 N–H and O–H groups in total. The van der Waals surface area contributed by atoms with Crippen LogP contribution in [-0.4, -0.2) is 12.3 Å². The molecule has 0 unspecified atom stereocenters. The van der Waals surface area contributed by atoms with E-state index in [-0.39, 0.29) is 18.9 Å². The molecule has 0 aliphatic heterocycles. The van der Waals surface area contributed by atoms with Gasteiger partial charge in [0.25, 0.3) is 5.97 Å². The molecule has 7 heteroatoms. The van der Waals surface area contributed by atoms with Crippen molar-refractivity contribution in [3.05, 3.63) is 0 Å². The molecule has 0 heterocycles. The third-order valence-corrected chi connectivity index (χ3v) is 0.888. The smallest absolute Gasteiger partial charge is 0.656 e. The zero-order valence-corrected chi connectivity index (χ0v) is 6.74. The molecule has 5 nitrogen and oxygen atoms in total. The van der Waals surface area contributed by atoms with Crippen LogP contribution in [0.2, 0.25) is 0 Å².